The van der Waals surface area contributed by atoms with E-state index in [1.54, 1.807) is 24.3 Å². The fraction of sp³-hybridized carbons (Fsp3) is 0.400. The second-order valence-electron chi connectivity index (χ2n) is 4.15. The molecule has 0 atom stereocenters. The number of halogens is 1. The van der Waals surface area contributed by atoms with Crippen molar-refractivity contribution in [3.8, 4) is 5.75 Å². The molecule has 2 rings (SSSR count). The number of rotatable bonds is 4. The summed E-state index contributed by atoms with van der Waals surface area (Å²) >= 11 is 0. The average Bonchev–Trinajstić information content (AvgIpc) is 2.12. The van der Waals surface area contributed by atoms with Crippen LogP contribution in [-0.2, 0) is 24.6 Å². The van der Waals surface area contributed by atoms with Crippen LogP contribution in [0, 0.1) is 0 Å². The first-order valence-electron chi connectivity index (χ1n) is 5.12. The van der Waals surface area contributed by atoms with Crippen molar-refractivity contribution in [1.82, 2.24) is 0 Å². The standard InChI is InChI=1S/C10H11ClO5S2/c11-18(14,15)5-8-2-1-3-9(4-8)16-10-6-17(12,13)7-10/h1-4,10H,5-7H2. The van der Waals surface area contributed by atoms with Gasteiger partial charge in [0, 0.05) is 10.7 Å². The monoisotopic (exact) mass is 310 g/mol. The minimum atomic E-state index is -3.61. The molecule has 1 aliphatic rings. The molecule has 0 aromatic heterocycles. The Morgan fingerprint density at radius 2 is 2.00 bits per heavy atom. The second kappa shape index (κ2) is 4.71. The van der Waals surface area contributed by atoms with Crippen molar-refractivity contribution in [2.45, 2.75) is 11.9 Å². The molecule has 1 aromatic rings. The van der Waals surface area contributed by atoms with Crippen LogP contribution >= 0.6 is 10.7 Å². The summed E-state index contributed by atoms with van der Waals surface area (Å²) in [7, 11) is -1.39. The van der Waals surface area contributed by atoms with Gasteiger partial charge in [0.05, 0.1) is 17.3 Å². The van der Waals surface area contributed by atoms with Crippen LogP contribution in [0.2, 0.25) is 0 Å². The zero-order valence-corrected chi connectivity index (χ0v) is 11.6. The van der Waals surface area contributed by atoms with Gasteiger partial charge in [-0.1, -0.05) is 12.1 Å². The minimum Gasteiger partial charge on any atom is -0.488 e. The SMILES string of the molecule is O=S(=O)(Cl)Cc1cccc(OC2CS(=O)(=O)C2)c1. The third-order valence-electron chi connectivity index (χ3n) is 2.42. The van der Waals surface area contributed by atoms with E-state index in [-0.39, 0.29) is 23.4 Å². The third-order valence-corrected chi connectivity index (χ3v) is 5.18. The molecule has 5 nitrogen and oxygen atoms in total. The maximum atomic E-state index is 11.0. The fourth-order valence-electron chi connectivity index (χ4n) is 1.69. The fourth-order valence-corrected chi connectivity index (χ4v) is 3.81. The number of sulfone groups is 1. The molecule has 1 aromatic carbocycles. The molecule has 0 amide bonds. The predicted molar refractivity (Wildman–Crippen MR) is 68.0 cm³/mol. The van der Waals surface area contributed by atoms with Crippen LogP contribution in [0.1, 0.15) is 5.56 Å². The molecule has 0 spiro atoms. The van der Waals surface area contributed by atoms with Gasteiger partial charge in [-0.25, -0.2) is 16.8 Å². The summed E-state index contributed by atoms with van der Waals surface area (Å²) < 4.78 is 49.2. The van der Waals surface area contributed by atoms with Crippen LogP contribution in [0.5, 0.6) is 5.75 Å². The molecule has 8 heteroatoms. The summed E-state index contributed by atoms with van der Waals surface area (Å²) in [6.07, 6.45) is -0.349. The molecule has 0 unspecified atom stereocenters. The van der Waals surface area contributed by atoms with Crippen LogP contribution < -0.4 is 4.74 Å². The Balaban J connectivity index is 2.04. The minimum absolute atomic E-state index is 0.00499. The first-order chi connectivity index (χ1) is 8.23. The van der Waals surface area contributed by atoms with Gasteiger partial charge in [-0.05, 0) is 17.7 Å². The first kappa shape index (κ1) is 13.6. The number of ether oxygens (including phenoxy) is 1. The van der Waals surface area contributed by atoms with Crippen molar-refractivity contribution in [2.24, 2.45) is 0 Å². The Labute approximate surface area is 110 Å². The van der Waals surface area contributed by atoms with E-state index in [9.17, 15) is 16.8 Å². The molecule has 100 valence electrons. The second-order valence-corrected chi connectivity index (χ2v) is 9.08. The number of hydrogen-bond acceptors (Lipinski definition) is 5. The molecule has 1 fully saturated rings. The van der Waals surface area contributed by atoms with Gasteiger partial charge in [-0.3, -0.25) is 0 Å². The Kier molecular flexibility index (Phi) is 3.57. The van der Waals surface area contributed by atoms with Gasteiger partial charge >= 0.3 is 0 Å². The smallest absolute Gasteiger partial charge is 0.236 e. The topological polar surface area (TPSA) is 77.5 Å². The van der Waals surface area contributed by atoms with E-state index in [2.05, 4.69) is 0 Å². The van der Waals surface area contributed by atoms with Crippen LogP contribution in [0.15, 0.2) is 24.3 Å². The van der Waals surface area contributed by atoms with Crippen LogP contribution in [0.3, 0.4) is 0 Å². The van der Waals surface area contributed by atoms with Gasteiger partial charge < -0.3 is 4.74 Å². The van der Waals surface area contributed by atoms with Crippen molar-refractivity contribution in [1.29, 1.82) is 0 Å². The maximum absolute atomic E-state index is 11.0. The van der Waals surface area contributed by atoms with E-state index in [1.165, 1.54) is 0 Å². The van der Waals surface area contributed by atoms with E-state index in [0.717, 1.165) is 0 Å². The van der Waals surface area contributed by atoms with Crippen molar-refractivity contribution in [3.05, 3.63) is 29.8 Å². The average molecular weight is 311 g/mol. The summed E-state index contributed by atoms with van der Waals surface area (Å²) in [6.45, 7) is 0. The predicted octanol–water partition coefficient (Wildman–Crippen LogP) is 0.931. The van der Waals surface area contributed by atoms with Crippen LogP contribution in [0.25, 0.3) is 0 Å². The van der Waals surface area contributed by atoms with Gasteiger partial charge in [0.2, 0.25) is 9.05 Å². The first-order valence-corrected chi connectivity index (χ1v) is 9.42. The normalized spacial score (nSPS) is 19.2. The van der Waals surface area contributed by atoms with Crippen molar-refractivity contribution >= 4 is 29.6 Å². The lowest BCUT2D eigenvalue weighted by Crippen LogP contribution is -2.45. The van der Waals surface area contributed by atoms with Gasteiger partial charge in [-0.15, -0.1) is 0 Å². The highest BCUT2D eigenvalue weighted by molar-refractivity contribution is 8.13. The van der Waals surface area contributed by atoms with E-state index in [0.29, 0.717) is 11.3 Å². The van der Waals surface area contributed by atoms with E-state index in [4.69, 9.17) is 15.4 Å². The molecule has 1 aliphatic heterocycles. The van der Waals surface area contributed by atoms with Crippen LogP contribution in [0.4, 0.5) is 0 Å². The van der Waals surface area contributed by atoms with Gasteiger partial charge in [0.15, 0.2) is 9.84 Å². The van der Waals surface area contributed by atoms with Crippen molar-refractivity contribution in [2.75, 3.05) is 11.5 Å². The molecule has 0 N–H and O–H groups in total. The summed E-state index contributed by atoms with van der Waals surface area (Å²) in [5.74, 6) is 0.179. The maximum Gasteiger partial charge on any atom is 0.236 e. The van der Waals surface area contributed by atoms with E-state index in [1.807, 2.05) is 0 Å². The Morgan fingerprint density at radius 1 is 1.33 bits per heavy atom. The van der Waals surface area contributed by atoms with E-state index < -0.39 is 18.9 Å². The highest BCUT2D eigenvalue weighted by Crippen LogP contribution is 2.22. The summed E-state index contributed by atoms with van der Waals surface area (Å²) in [5.41, 5.74) is 0.504. The molecule has 0 aliphatic carbocycles. The van der Waals surface area contributed by atoms with Crippen molar-refractivity contribution < 1.29 is 21.6 Å². The molecule has 18 heavy (non-hydrogen) atoms. The molecule has 1 saturated heterocycles. The lowest BCUT2D eigenvalue weighted by atomic mass is 10.2. The number of hydrogen-bond donors (Lipinski definition) is 0. The molecule has 0 bridgehead atoms. The van der Waals surface area contributed by atoms with Crippen LogP contribution in [-0.4, -0.2) is 34.4 Å². The molecule has 0 saturated carbocycles. The highest BCUT2D eigenvalue weighted by Gasteiger charge is 2.35. The molecule has 1 heterocycles. The Morgan fingerprint density at radius 3 is 2.56 bits per heavy atom. The van der Waals surface area contributed by atoms with Gasteiger partial charge in [0.1, 0.15) is 11.9 Å². The Hall–Kier alpha value is -0.790. The summed E-state index contributed by atoms with van der Waals surface area (Å²) in [5, 5.41) is 0. The summed E-state index contributed by atoms with van der Waals surface area (Å²) in [6, 6.07) is 6.45. The third kappa shape index (κ3) is 3.86. The largest absolute Gasteiger partial charge is 0.488 e. The summed E-state index contributed by atoms with van der Waals surface area (Å²) in [4.78, 5) is 0. The molecular weight excluding hydrogens is 300 g/mol. The highest BCUT2D eigenvalue weighted by atomic mass is 35.7. The lowest BCUT2D eigenvalue weighted by Gasteiger charge is -2.26. The van der Waals surface area contributed by atoms with Gasteiger partial charge in [-0.2, -0.15) is 0 Å². The number of benzene rings is 1. The quantitative estimate of drug-likeness (QED) is 0.773. The van der Waals surface area contributed by atoms with Crippen molar-refractivity contribution in [3.63, 3.8) is 0 Å². The lowest BCUT2D eigenvalue weighted by molar-refractivity contribution is 0.230. The van der Waals surface area contributed by atoms with E-state index >= 15 is 0 Å². The zero-order chi connectivity index (χ0) is 13.4. The van der Waals surface area contributed by atoms with Gasteiger partial charge in [0.25, 0.3) is 0 Å². The molecular formula is C10H11ClO5S2. The molecule has 0 radical (unpaired) electrons. The zero-order valence-electron chi connectivity index (χ0n) is 9.24. The Bertz CT molecular complexity index is 639.